The minimum absolute atomic E-state index is 0.0506. The van der Waals surface area contributed by atoms with Gasteiger partial charge in [0.1, 0.15) is 0 Å². The molecule has 0 bridgehead atoms. The molecule has 0 spiro atoms. The maximum Gasteiger partial charge on any atom is 0.251 e. The van der Waals surface area contributed by atoms with Gasteiger partial charge in [-0.1, -0.05) is 42.8 Å². The van der Waals surface area contributed by atoms with E-state index in [1.54, 1.807) is 12.1 Å². The first-order chi connectivity index (χ1) is 12.9. The Hall–Kier alpha value is -2.22. The molecule has 1 amide bonds. The molecule has 146 valence electrons. The summed E-state index contributed by atoms with van der Waals surface area (Å²) in [6, 6.07) is 13.9. The predicted octanol–water partition coefficient (Wildman–Crippen LogP) is 2.80. The van der Waals surface area contributed by atoms with E-state index in [0.717, 1.165) is 17.5 Å². The van der Waals surface area contributed by atoms with Gasteiger partial charge in [-0.25, -0.2) is 13.1 Å². The molecule has 2 N–H and O–H groups in total. The summed E-state index contributed by atoms with van der Waals surface area (Å²) in [6.45, 7) is 4.44. The lowest BCUT2D eigenvalue weighted by atomic mass is 10.0. The third-order valence-corrected chi connectivity index (χ3v) is 5.66. The number of hydrogen-bond acceptors (Lipinski definition) is 4. The highest BCUT2D eigenvalue weighted by Crippen LogP contribution is 2.19. The van der Waals surface area contributed by atoms with Crippen molar-refractivity contribution in [1.29, 1.82) is 0 Å². The highest BCUT2D eigenvalue weighted by Gasteiger charge is 2.18. The summed E-state index contributed by atoms with van der Waals surface area (Å²) in [6.07, 6.45) is 0.728. The zero-order chi connectivity index (χ0) is 19.9. The van der Waals surface area contributed by atoms with Crippen LogP contribution in [-0.2, 0) is 14.8 Å². The van der Waals surface area contributed by atoms with E-state index >= 15 is 0 Å². The van der Waals surface area contributed by atoms with Gasteiger partial charge in [-0.15, -0.1) is 0 Å². The first-order valence-corrected chi connectivity index (χ1v) is 10.3. The first-order valence-electron chi connectivity index (χ1n) is 8.83. The summed E-state index contributed by atoms with van der Waals surface area (Å²) in [5.74, 6) is -0.309. The molecule has 0 radical (unpaired) electrons. The van der Waals surface area contributed by atoms with Crippen LogP contribution in [0.25, 0.3) is 0 Å². The molecule has 0 saturated heterocycles. The van der Waals surface area contributed by atoms with Crippen LogP contribution in [0.3, 0.4) is 0 Å². The van der Waals surface area contributed by atoms with Crippen LogP contribution < -0.4 is 10.0 Å². The fourth-order valence-electron chi connectivity index (χ4n) is 2.63. The monoisotopic (exact) mass is 390 g/mol. The molecule has 0 fully saturated rings. The molecule has 1 unspecified atom stereocenters. The predicted molar refractivity (Wildman–Crippen MR) is 105 cm³/mol. The number of amides is 1. The number of benzene rings is 2. The molecule has 0 saturated carbocycles. The maximum absolute atomic E-state index is 12.6. The molecule has 1 atom stereocenters. The number of methoxy groups -OCH3 is 1. The number of ether oxygens (including phenoxy) is 1. The van der Waals surface area contributed by atoms with E-state index < -0.39 is 10.0 Å². The van der Waals surface area contributed by atoms with Crippen molar-refractivity contribution in [1.82, 2.24) is 10.0 Å². The third kappa shape index (κ3) is 5.89. The molecule has 2 aromatic rings. The lowest BCUT2D eigenvalue weighted by Crippen LogP contribution is -2.29. The highest BCUT2D eigenvalue weighted by atomic mass is 32.2. The Morgan fingerprint density at radius 2 is 1.85 bits per heavy atom. The smallest absolute Gasteiger partial charge is 0.251 e. The van der Waals surface area contributed by atoms with Crippen molar-refractivity contribution in [3.63, 3.8) is 0 Å². The Bertz CT molecular complexity index is 864. The van der Waals surface area contributed by atoms with Crippen LogP contribution in [-0.4, -0.2) is 34.6 Å². The SMILES string of the molecule is CCC(NC(=O)c1cccc(S(=O)(=O)NCCOC)c1)c1ccc(C)cc1. The Morgan fingerprint density at radius 1 is 1.15 bits per heavy atom. The lowest BCUT2D eigenvalue weighted by Gasteiger charge is -2.18. The second kappa shape index (κ2) is 9.64. The van der Waals surface area contributed by atoms with Crippen molar-refractivity contribution in [2.45, 2.75) is 31.2 Å². The lowest BCUT2D eigenvalue weighted by molar-refractivity contribution is 0.0935. The Labute approximate surface area is 161 Å². The van der Waals surface area contributed by atoms with Crippen molar-refractivity contribution in [3.8, 4) is 0 Å². The van der Waals surface area contributed by atoms with Gasteiger partial charge in [0.15, 0.2) is 0 Å². The minimum atomic E-state index is -3.69. The summed E-state index contributed by atoms with van der Waals surface area (Å²) in [7, 11) is -2.19. The van der Waals surface area contributed by atoms with Gasteiger partial charge in [0.05, 0.1) is 17.5 Å². The average molecular weight is 391 g/mol. The fraction of sp³-hybridized carbons (Fsp3) is 0.350. The number of aryl methyl sites for hydroxylation is 1. The third-order valence-electron chi connectivity index (χ3n) is 4.20. The second-order valence-electron chi connectivity index (χ2n) is 6.26. The van der Waals surface area contributed by atoms with E-state index in [-0.39, 0.29) is 30.0 Å². The van der Waals surface area contributed by atoms with Crippen molar-refractivity contribution >= 4 is 15.9 Å². The summed E-state index contributed by atoms with van der Waals surface area (Å²) >= 11 is 0. The Morgan fingerprint density at radius 3 is 2.48 bits per heavy atom. The molecule has 6 nitrogen and oxygen atoms in total. The molecular weight excluding hydrogens is 364 g/mol. The van der Waals surface area contributed by atoms with E-state index in [1.807, 2.05) is 38.1 Å². The van der Waals surface area contributed by atoms with Gasteiger partial charge in [-0.3, -0.25) is 4.79 Å². The van der Waals surface area contributed by atoms with E-state index in [9.17, 15) is 13.2 Å². The number of rotatable bonds is 9. The van der Waals surface area contributed by atoms with Gasteiger partial charge < -0.3 is 10.1 Å². The number of hydrogen-bond donors (Lipinski definition) is 2. The van der Waals surface area contributed by atoms with Crippen LogP contribution in [0.1, 0.15) is 40.9 Å². The van der Waals surface area contributed by atoms with Crippen molar-refractivity contribution in [3.05, 3.63) is 65.2 Å². The van der Waals surface area contributed by atoms with Crippen LogP contribution in [0, 0.1) is 6.92 Å². The quantitative estimate of drug-likeness (QED) is 0.645. The molecule has 0 heterocycles. The standard InChI is InChI=1S/C20H26N2O4S/c1-4-19(16-10-8-15(2)9-11-16)22-20(23)17-6-5-7-18(14-17)27(24,25)21-12-13-26-3/h5-11,14,19,21H,4,12-13H2,1-3H3,(H,22,23). The molecule has 0 aliphatic rings. The van der Waals surface area contributed by atoms with Gasteiger partial charge in [0.25, 0.3) is 5.91 Å². The number of nitrogens with one attached hydrogen (secondary N) is 2. The van der Waals surface area contributed by atoms with Crippen LogP contribution >= 0.6 is 0 Å². The van der Waals surface area contributed by atoms with Gasteiger partial charge in [0, 0.05) is 19.2 Å². The first kappa shape index (κ1) is 21.1. The fourth-order valence-corrected chi connectivity index (χ4v) is 3.69. The zero-order valence-corrected chi connectivity index (χ0v) is 16.7. The normalized spacial score (nSPS) is 12.6. The largest absolute Gasteiger partial charge is 0.383 e. The van der Waals surface area contributed by atoms with E-state index in [2.05, 4.69) is 10.0 Å². The molecule has 2 rings (SSSR count). The Balaban J connectivity index is 2.15. The van der Waals surface area contributed by atoms with Gasteiger partial charge in [-0.2, -0.15) is 0 Å². The number of carbonyl (C=O) groups is 1. The number of sulfonamides is 1. The van der Waals surface area contributed by atoms with Crippen LogP contribution in [0.2, 0.25) is 0 Å². The molecule has 7 heteroatoms. The topological polar surface area (TPSA) is 84.5 Å². The Kier molecular flexibility index (Phi) is 7.53. The molecule has 0 aliphatic carbocycles. The van der Waals surface area contributed by atoms with E-state index in [1.165, 1.54) is 19.2 Å². The highest BCUT2D eigenvalue weighted by molar-refractivity contribution is 7.89. The van der Waals surface area contributed by atoms with Crippen molar-refractivity contribution in [2.24, 2.45) is 0 Å². The second-order valence-corrected chi connectivity index (χ2v) is 8.03. The van der Waals surface area contributed by atoms with E-state index in [4.69, 9.17) is 4.74 Å². The van der Waals surface area contributed by atoms with Gasteiger partial charge in [0.2, 0.25) is 10.0 Å². The minimum Gasteiger partial charge on any atom is -0.383 e. The average Bonchev–Trinajstić information content (AvgIpc) is 2.67. The molecule has 0 aromatic heterocycles. The van der Waals surface area contributed by atoms with Crippen molar-refractivity contribution in [2.75, 3.05) is 20.3 Å². The molecule has 0 aliphatic heterocycles. The van der Waals surface area contributed by atoms with E-state index in [0.29, 0.717) is 5.56 Å². The summed E-state index contributed by atoms with van der Waals surface area (Å²) < 4.78 is 31.9. The van der Waals surface area contributed by atoms with Gasteiger partial charge >= 0.3 is 0 Å². The number of carbonyl (C=O) groups excluding carboxylic acids is 1. The summed E-state index contributed by atoms with van der Waals surface area (Å²) in [5, 5.41) is 2.98. The molecule has 27 heavy (non-hydrogen) atoms. The summed E-state index contributed by atoms with van der Waals surface area (Å²) in [5.41, 5.74) is 2.47. The molecular formula is C20H26N2O4S. The van der Waals surface area contributed by atoms with Crippen LogP contribution in [0.4, 0.5) is 0 Å². The summed E-state index contributed by atoms with van der Waals surface area (Å²) in [4.78, 5) is 12.7. The maximum atomic E-state index is 12.6. The molecule has 2 aromatic carbocycles. The zero-order valence-electron chi connectivity index (χ0n) is 15.9. The van der Waals surface area contributed by atoms with Crippen LogP contribution in [0.5, 0.6) is 0 Å². The van der Waals surface area contributed by atoms with Crippen LogP contribution in [0.15, 0.2) is 53.4 Å². The van der Waals surface area contributed by atoms with Gasteiger partial charge in [-0.05, 0) is 37.1 Å². The van der Waals surface area contributed by atoms with Crippen molar-refractivity contribution < 1.29 is 17.9 Å².